The molecule has 0 amide bonds. The van der Waals surface area contributed by atoms with Gasteiger partial charge in [0.2, 0.25) is 0 Å². The van der Waals surface area contributed by atoms with Gasteiger partial charge in [0.1, 0.15) is 0 Å². The predicted octanol–water partition coefficient (Wildman–Crippen LogP) is 4.99. The molecule has 1 radical (unpaired) electrons. The summed E-state index contributed by atoms with van der Waals surface area (Å²) in [6.07, 6.45) is 3.28. The second-order valence-electron chi connectivity index (χ2n) is 7.46. The topological polar surface area (TPSA) is 102 Å². The third-order valence-electron chi connectivity index (χ3n) is 4.18. The Morgan fingerprint density at radius 2 is 0.595 bits per heavy atom. The average molecular weight is 536 g/mol. The van der Waals surface area contributed by atoms with Crippen molar-refractivity contribution in [1.82, 2.24) is 0 Å². The second-order valence-corrected chi connectivity index (χ2v) is 7.46. The molecule has 3 aromatic rings. The monoisotopic (exact) mass is 535 g/mol. The fourth-order valence-corrected chi connectivity index (χ4v) is 2.61. The first kappa shape index (κ1) is 32.8. The number of benzene rings is 3. The fourth-order valence-electron chi connectivity index (χ4n) is 2.61. The van der Waals surface area contributed by atoms with Gasteiger partial charge < -0.3 is 28.8 Å². The van der Waals surface area contributed by atoms with Crippen molar-refractivity contribution in [2.24, 2.45) is 0 Å². The molecule has 0 aromatic heterocycles. The van der Waals surface area contributed by atoms with Crippen LogP contribution in [0.1, 0.15) is 51.8 Å². The molecule has 37 heavy (non-hydrogen) atoms. The van der Waals surface area contributed by atoms with Crippen LogP contribution in [-0.2, 0) is 31.7 Å². The Morgan fingerprint density at radius 1 is 0.405 bits per heavy atom. The van der Waals surface area contributed by atoms with Crippen LogP contribution in [-0.4, -0.2) is 34.7 Å². The summed E-state index contributed by atoms with van der Waals surface area (Å²) in [6.45, 7) is 4.09. The molecule has 0 unspecified atom stereocenters. The molecule has 0 aliphatic rings. The first-order chi connectivity index (χ1) is 17.1. The summed E-state index contributed by atoms with van der Waals surface area (Å²) in [4.78, 5) is 65.2. The Bertz CT molecular complexity index is 1020. The molecule has 0 heterocycles. The van der Waals surface area contributed by atoms with Crippen LogP contribution in [0.4, 0.5) is 0 Å². The van der Waals surface area contributed by atoms with Crippen molar-refractivity contribution < 1.29 is 46.1 Å². The van der Waals surface area contributed by atoms with Gasteiger partial charge in [-0.3, -0.25) is 0 Å². The molecular weight excluding hydrogens is 508 g/mol. The number of carbonyl (C=O) groups is 6. The average Bonchev–Trinajstić information content (AvgIpc) is 2.85. The summed E-state index contributed by atoms with van der Waals surface area (Å²) in [5.74, 6) is -1.36. The van der Waals surface area contributed by atoms with E-state index in [4.69, 9.17) is 0 Å². The summed E-state index contributed by atoms with van der Waals surface area (Å²) in [5.41, 5.74) is 1.65. The van der Waals surface area contributed by atoms with E-state index in [1.54, 1.807) is 72.8 Å². The molecule has 3 rings (SSSR count). The molecule has 0 atom stereocenters. The number of carbonyl (C=O) groups excluding carboxylic acids is 6. The first-order valence-corrected chi connectivity index (χ1v) is 10.9. The maximum atomic E-state index is 11.2. The van der Waals surface area contributed by atoms with E-state index in [1.165, 1.54) is 20.8 Å². The maximum absolute atomic E-state index is 11.2. The zero-order chi connectivity index (χ0) is 26.9. The van der Waals surface area contributed by atoms with Crippen LogP contribution in [0.15, 0.2) is 91.0 Å². The van der Waals surface area contributed by atoms with E-state index in [1.807, 2.05) is 18.2 Å². The van der Waals surface area contributed by atoms with E-state index in [-0.39, 0.29) is 52.1 Å². The molecule has 0 aliphatic heterocycles. The molecule has 6 nitrogen and oxygen atoms in total. The van der Waals surface area contributed by atoms with Crippen LogP contribution in [0.3, 0.4) is 0 Å². The standard InChI is InChI=1S/3C10H9O2.Cr/c3*1-8(11)7-10(12)9-5-3-2-4-6-9;/h3*2-7H,1H3;/q3*-1;+3. The van der Waals surface area contributed by atoms with Crippen LogP contribution in [0, 0.1) is 19.3 Å². The molecular formula is C30H27CrO6. The Kier molecular flexibility index (Phi) is 16.1. The van der Waals surface area contributed by atoms with Gasteiger partial charge in [-0.25, -0.2) is 0 Å². The quantitative estimate of drug-likeness (QED) is 0.217. The van der Waals surface area contributed by atoms with Crippen LogP contribution < -0.4 is 0 Å². The third kappa shape index (κ3) is 14.7. The van der Waals surface area contributed by atoms with E-state index < -0.39 is 0 Å². The third-order valence-corrected chi connectivity index (χ3v) is 4.18. The molecule has 0 N–H and O–H groups in total. The molecule has 7 heteroatoms. The number of rotatable bonds is 9. The van der Waals surface area contributed by atoms with Gasteiger partial charge in [-0.1, -0.05) is 54.6 Å². The van der Waals surface area contributed by atoms with Crippen molar-refractivity contribution in [3.8, 4) is 0 Å². The summed E-state index contributed by atoms with van der Waals surface area (Å²) in [5, 5.41) is 0. The van der Waals surface area contributed by atoms with Gasteiger partial charge in [0, 0.05) is 17.3 Å². The van der Waals surface area contributed by atoms with E-state index in [0.717, 1.165) is 19.3 Å². The normalized spacial score (nSPS) is 8.84. The number of hydrogen-bond donors (Lipinski definition) is 0. The Balaban J connectivity index is 0.000000518. The van der Waals surface area contributed by atoms with Gasteiger partial charge in [0.05, 0.1) is 17.3 Å². The fraction of sp³-hybridized carbons (Fsp3) is 0.100. The van der Waals surface area contributed by atoms with Gasteiger partial charge in [-0.2, -0.15) is 0 Å². The summed E-state index contributed by atoms with van der Waals surface area (Å²) in [7, 11) is 0. The summed E-state index contributed by atoms with van der Waals surface area (Å²) < 4.78 is 0. The van der Waals surface area contributed by atoms with Crippen LogP contribution >= 0.6 is 0 Å². The van der Waals surface area contributed by atoms with Crippen molar-refractivity contribution >= 4 is 34.7 Å². The van der Waals surface area contributed by atoms with Gasteiger partial charge >= 0.3 is 17.4 Å². The van der Waals surface area contributed by atoms with Gasteiger partial charge in [0.25, 0.3) is 0 Å². The number of Topliss-reactive ketones (excluding diaryl/α,β-unsaturated/α-hetero) is 6. The minimum atomic E-state index is -0.233. The maximum Gasteiger partial charge on any atom is 3.00 e. The zero-order valence-electron chi connectivity index (χ0n) is 20.8. The Labute approximate surface area is 228 Å². The summed E-state index contributed by atoms with van der Waals surface area (Å²) in [6, 6.07) is 26.2. The van der Waals surface area contributed by atoms with Crippen molar-refractivity contribution in [1.29, 1.82) is 0 Å². The Hall–Kier alpha value is -4.18. The Morgan fingerprint density at radius 3 is 0.757 bits per heavy atom. The van der Waals surface area contributed by atoms with Crippen LogP contribution in [0.2, 0.25) is 0 Å². The molecule has 0 saturated carbocycles. The molecule has 0 saturated heterocycles. The summed E-state index contributed by atoms with van der Waals surface area (Å²) >= 11 is 0. The van der Waals surface area contributed by atoms with Crippen molar-refractivity contribution in [3.05, 3.63) is 127 Å². The van der Waals surface area contributed by atoms with E-state index in [0.29, 0.717) is 16.7 Å². The van der Waals surface area contributed by atoms with Gasteiger partial charge in [-0.05, 0) is 20.8 Å². The molecule has 189 valence electrons. The predicted molar refractivity (Wildman–Crippen MR) is 137 cm³/mol. The van der Waals surface area contributed by atoms with Crippen molar-refractivity contribution in [3.63, 3.8) is 0 Å². The minimum absolute atomic E-state index is 0. The van der Waals surface area contributed by atoms with Crippen molar-refractivity contribution in [2.45, 2.75) is 20.8 Å². The number of hydrogen-bond acceptors (Lipinski definition) is 6. The largest absolute Gasteiger partial charge is 3.00 e. The molecule has 0 aliphatic carbocycles. The van der Waals surface area contributed by atoms with Gasteiger partial charge in [0.15, 0.2) is 0 Å². The molecule has 3 aromatic carbocycles. The SMILES string of the molecule is CC(=O)[CH-]C(=O)c1ccccc1.CC(=O)[CH-]C(=O)c1ccccc1.CC(=O)[CH-]C(=O)c1ccccc1.[Cr+3]. The van der Waals surface area contributed by atoms with Crippen LogP contribution in [0.5, 0.6) is 0 Å². The van der Waals surface area contributed by atoms with Gasteiger partial charge in [-0.15, -0.1) is 72.4 Å². The molecule has 0 bridgehead atoms. The van der Waals surface area contributed by atoms with Crippen LogP contribution in [0.25, 0.3) is 0 Å². The van der Waals surface area contributed by atoms with E-state index >= 15 is 0 Å². The first-order valence-electron chi connectivity index (χ1n) is 10.9. The van der Waals surface area contributed by atoms with E-state index in [2.05, 4.69) is 0 Å². The minimum Gasteiger partial charge on any atom is -0.331 e. The zero-order valence-corrected chi connectivity index (χ0v) is 22.0. The number of ketones is 6. The molecule has 0 spiro atoms. The second kappa shape index (κ2) is 18.1. The smallest absolute Gasteiger partial charge is 0.331 e. The van der Waals surface area contributed by atoms with E-state index in [9.17, 15) is 28.8 Å². The van der Waals surface area contributed by atoms with Crippen molar-refractivity contribution in [2.75, 3.05) is 0 Å². The molecule has 0 fully saturated rings.